The minimum atomic E-state index is -0.297. The van der Waals surface area contributed by atoms with Gasteiger partial charge in [-0.1, -0.05) is 17.3 Å². The summed E-state index contributed by atoms with van der Waals surface area (Å²) < 4.78 is 10.7. The van der Waals surface area contributed by atoms with Gasteiger partial charge in [0.2, 0.25) is 5.91 Å². The molecule has 2 aromatic rings. The zero-order chi connectivity index (χ0) is 20.8. The quantitative estimate of drug-likeness (QED) is 0.775. The Morgan fingerprint density at radius 2 is 2.10 bits per heavy atom. The van der Waals surface area contributed by atoms with E-state index < -0.39 is 0 Å². The molecule has 1 aromatic heterocycles. The minimum Gasteiger partial charge on any atom is -0.492 e. The van der Waals surface area contributed by atoms with Crippen molar-refractivity contribution in [2.24, 2.45) is 0 Å². The van der Waals surface area contributed by atoms with Gasteiger partial charge in [-0.05, 0) is 45.7 Å². The second-order valence-corrected chi connectivity index (χ2v) is 7.17. The van der Waals surface area contributed by atoms with Crippen molar-refractivity contribution < 1.29 is 18.8 Å². The third-order valence-electron chi connectivity index (χ3n) is 5.11. The van der Waals surface area contributed by atoms with E-state index in [0.717, 1.165) is 17.0 Å². The number of anilines is 1. The molecule has 0 radical (unpaired) electrons. The largest absolute Gasteiger partial charge is 0.492 e. The molecule has 156 valence electrons. The van der Waals surface area contributed by atoms with Crippen LogP contribution in [-0.4, -0.2) is 41.2 Å². The van der Waals surface area contributed by atoms with Gasteiger partial charge in [0.05, 0.1) is 24.5 Å². The predicted octanol–water partition coefficient (Wildman–Crippen LogP) is 3.39. The highest BCUT2D eigenvalue weighted by molar-refractivity contribution is 5.91. The van der Waals surface area contributed by atoms with E-state index in [1.165, 1.54) is 0 Å². The molecule has 0 spiro atoms. The molecule has 29 heavy (non-hydrogen) atoms. The third kappa shape index (κ3) is 5.28. The van der Waals surface area contributed by atoms with E-state index in [9.17, 15) is 9.59 Å². The lowest BCUT2D eigenvalue weighted by Crippen LogP contribution is -2.38. The molecule has 0 aliphatic carbocycles. The van der Waals surface area contributed by atoms with Crippen LogP contribution in [0.5, 0.6) is 5.75 Å². The lowest BCUT2D eigenvalue weighted by atomic mass is 10.1. The van der Waals surface area contributed by atoms with Crippen LogP contribution in [-0.2, 0) is 11.3 Å². The number of ether oxygens (including phenoxy) is 1. The van der Waals surface area contributed by atoms with Crippen LogP contribution in [0.25, 0.3) is 0 Å². The molecule has 1 fully saturated rings. The van der Waals surface area contributed by atoms with Crippen LogP contribution in [0, 0.1) is 13.8 Å². The highest BCUT2D eigenvalue weighted by atomic mass is 16.5. The first-order chi connectivity index (χ1) is 14.0. The highest BCUT2D eigenvalue weighted by Gasteiger charge is 2.25. The van der Waals surface area contributed by atoms with Gasteiger partial charge in [-0.3, -0.25) is 4.79 Å². The van der Waals surface area contributed by atoms with Crippen molar-refractivity contribution in [2.75, 3.05) is 18.5 Å². The van der Waals surface area contributed by atoms with Gasteiger partial charge in [-0.25, -0.2) is 4.79 Å². The van der Waals surface area contributed by atoms with E-state index in [4.69, 9.17) is 9.26 Å². The Hall–Kier alpha value is -3.03. The summed E-state index contributed by atoms with van der Waals surface area (Å²) >= 11 is 0. The van der Waals surface area contributed by atoms with Gasteiger partial charge in [0.15, 0.2) is 0 Å². The number of hydrogen-bond donors (Lipinski definition) is 2. The number of rotatable bonds is 6. The zero-order valence-corrected chi connectivity index (χ0v) is 17.2. The van der Waals surface area contributed by atoms with E-state index in [1.807, 2.05) is 43.9 Å². The number of benzene rings is 1. The highest BCUT2D eigenvalue weighted by Crippen LogP contribution is 2.24. The van der Waals surface area contributed by atoms with Crippen molar-refractivity contribution in [3.63, 3.8) is 0 Å². The summed E-state index contributed by atoms with van der Waals surface area (Å²) in [6.07, 6.45) is 1.69. The van der Waals surface area contributed by atoms with Crippen LogP contribution in [0.15, 0.2) is 28.8 Å². The van der Waals surface area contributed by atoms with Crippen molar-refractivity contribution in [2.45, 2.75) is 52.6 Å². The molecule has 1 aliphatic rings. The van der Waals surface area contributed by atoms with Gasteiger partial charge in [-0.2, -0.15) is 0 Å². The van der Waals surface area contributed by atoms with Crippen LogP contribution in [0.1, 0.15) is 43.2 Å². The first-order valence-electron chi connectivity index (χ1n) is 9.96. The third-order valence-corrected chi connectivity index (χ3v) is 5.11. The SMILES string of the molecule is CCOc1ccccc1NC(=O)NC1CCC(=O)N(Cc2c(C)noc2C)CC1. The number of urea groups is 1. The second kappa shape index (κ2) is 9.45. The molecule has 1 unspecified atom stereocenters. The van der Waals surface area contributed by atoms with E-state index in [2.05, 4.69) is 15.8 Å². The summed E-state index contributed by atoms with van der Waals surface area (Å²) in [5.74, 6) is 1.45. The van der Waals surface area contributed by atoms with Crippen LogP contribution >= 0.6 is 0 Å². The maximum Gasteiger partial charge on any atom is 0.319 e. The molecule has 3 rings (SSSR count). The smallest absolute Gasteiger partial charge is 0.319 e. The molecule has 1 aromatic carbocycles. The van der Waals surface area contributed by atoms with Crippen molar-refractivity contribution in [1.29, 1.82) is 0 Å². The molecule has 2 heterocycles. The zero-order valence-electron chi connectivity index (χ0n) is 17.2. The van der Waals surface area contributed by atoms with E-state index in [0.29, 0.717) is 50.4 Å². The van der Waals surface area contributed by atoms with Gasteiger partial charge in [0.1, 0.15) is 11.5 Å². The summed E-state index contributed by atoms with van der Waals surface area (Å²) in [4.78, 5) is 26.8. The van der Waals surface area contributed by atoms with Crippen LogP contribution in [0.4, 0.5) is 10.5 Å². The lowest BCUT2D eigenvalue weighted by Gasteiger charge is -2.21. The number of amides is 3. The molecule has 0 saturated carbocycles. The van der Waals surface area contributed by atoms with Crippen molar-refractivity contribution in [3.8, 4) is 5.75 Å². The van der Waals surface area contributed by atoms with E-state index >= 15 is 0 Å². The van der Waals surface area contributed by atoms with Crippen LogP contribution in [0.2, 0.25) is 0 Å². The molecule has 1 aliphatic heterocycles. The number of para-hydroxylation sites is 2. The fraction of sp³-hybridized carbons (Fsp3) is 0.476. The number of likely N-dealkylation sites (tertiary alicyclic amines) is 1. The molecule has 8 heteroatoms. The summed E-state index contributed by atoms with van der Waals surface area (Å²) in [7, 11) is 0. The lowest BCUT2D eigenvalue weighted by molar-refractivity contribution is -0.131. The standard InChI is InChI=1S/C21H28N4O4/c1-4-28-19-8-6-5-7-18(19)23-21(27)22-16-9-10-20(26)25(12-11-16)13-17-14(2)24-29-15(17)3/h5-8,16H,4,9-13H2,1-3H3,(H2,22,23,27). The Kier molecular flexibility index (Phi) is 6.74. The molecule has 2 N–H and O–H groups in total. The van der Waals surface area contributed by atoms with Crippen molar-refractivity contribution in [3.05, 3.63) is 41.3 Å². The monoisotopic (exact) mass is 400 g/mol. The summed E-state index contributed by atoms with van der Waals surface area (Å²) in [6.45, 7) is 7.21. The van der Waals surface area contributed by atoms with Gasteiger partial charge >= 0.3 is 6.03 Å². The number of nitrogens with one attached hydrogen (secondary N) is 2. The summed E-state index contributed by atoms with van der Waals surface area (Å²) in [5, 5.41) is 9.78. The Balaban J connectivity index is 1.56. The molecule has 1 atom stereocenters. The average Bonchev–Trinajstić information content (AvgIpc) is 2.90. The number of nitrogens with zero attached hydrogens (tertiary/aromatic N) is 2. The van der Waals surface area contributed by atoms with Crippen LogP contribution < -0.4 is 15.4 Å². The first-order valence-corrected chi connectivity index (χ1v) is 9.96. The second-order valence-electron chi connectivity index (χ2n) is 7.17. The fourth-order valence-electron chi connectivity index (χ4n) is 3.46. The number of carbonyl (C=O) groups is 2. The number of hydrogen-bond acceptors (Lipinski definition) is 5. The predicted molar refractivity (Wildman–Crippen MR) is 109 cm³/mol. The van der Waals surface area contributed by atoms with Gasteiger partial charge in [0, 0.05) is 24.6 Å². The summed E-state index contributed by atoms with van der Waals surface area (Å²) in [6, 6.07) is 6.94. The fourth-order valence-corrected chi connectivity index (χ4v) is 3.46. The topological polar surface area (TPSA) is 96.7 Å². The van der Waals surface area contributed by atoms with Crippen molar-refractivity contribution in [1.82, 2.24) is 15.4 Å². The summed E-state index contributed by atoms with van der Waals surface area (Å²) in [5.41, 5.74) is 2.38. The van der Waals surface area contributed by atoms with Gasteiger partial charge in [0.25, 0.3) is 0 Å². The molecular formula is C21H28N4O4. The molecule has 1 saturated heterocycles. The number of carbonyl (C=O) groups excluding carboxylic acids is 2. The van der Waals surface area contributed by atoms with Gasteiger partial charge in [-0.15, -0.1) is 0 Å². The Bertz CT molecular complexity index is 845. The molecule has 8 nitrogen and oxygen atoms in total. The molecule has 0 bridgehead atoms. The maximum absolute atomic E-state index is 12.5. The number of aromatic nitrogens is 1. The van der Waals surface area contributed by atoms with Crippen molar-refractivity contribution >= 4 is 17.6 Å². The minimum absolute atomic E-state index is 0.0760. The van der Waals surface area contributed by atoms with E-state index in [1.54, 1.807) is 6.07 Å². The maximum atomic E-state index is 12.5. The average molecular weight is 400 g/mol. The Morgan fingerprint density at radius 1 is 1.31 bits per heavy atom. The molecular weight excluding hydrogens is 372 g/mol. The Labute approximate surface area is 170 Å². The van der Waals surface area contributed by atoms with E-state index in [-0.39, 0.29) is 18.0 Å². The molecule has 3 amide bonds. The Morgan fingerprint density at radius 3 is 2.83 bits per heavy atom. The number of aryl methyl sites for hydroxylation is 2. The normalized spacial score (nSPS) is 17.0. The first kappa shape index (κ1) is 20.7. The van der Waals surface area contributed by atoms with Gasteiger partial charge < -0.3 is 24.8 Å². The van der Waals surface area contributed by atoms with Crippen LogP contribution in [0.3, 0.4) is 0 Å².